The molecule has 1 fully saturated rings. The predicted octanol–water partition coefficient (Wildman–Crippen LogP) is 4.76. The summed E-state index contributed by atoms with van der Waals surface area (Å²) in [5, 5.41) is 11.3. The Hall–Kier alpha value is -3.76. The molecule has 3 heterocycles. The van der Waals surface area contributed by atoms with E-state index in [1.807, 2.05) is 19.2 Å². The monoisotopic (exact) mass is 538 g/mol. The quantitative estimate of drug-likeness (QED) is 0.333. The molecule has 5 rings (SSSR count). The molecule has 4 aromatic rings. The molecule has 9 nitrogen and oxygen atoms in total. The van der Waals surface area contributed by atoms with Crippen molar-refractivity contribution in [1.82, 2.24) is 25.1 Å². The third-order valence-electron chi connectivity index (χ3n) is 6.56. The van der Waals surface area contributed by atoms with Gasteiger partial charge in [0.2, 0.25) is 5.95 Å². The van der Waals surface area contributed by atoms with Crippen LogP contribution in [0.4, 0.5) is 10.3 Å². The van der Waals surface area contributed by atoms with E-state index < -0.39 is 17.8 Å². The smallest absolute Gasteiger partial charge is 0.252 e. The second-order valence-corrected chi connectivity index (χ2v) is 9.45. The molecule has 0 unspecified atom stereocenters. The largest absolute Gasteiger partial charge is 0.495 e. The van der Waals surface area contributed by atoms with E-state index in [0.717, 1.165) is 24.0 Å². The van der Waals surface area contributed by atoms with Crippen molar-refractivity contribution in [2.75, 3.05) is 25.6 Å². The van der Waals surface area contributed by atoms with Gasteiger partial charge in [0, 0.05) is 49.3 Å². The number of nitrogens with zero attached hydrogens (tertiary/aromatic N) is 4. The van der Waals surface area contributed by atoms with Crippen molar-refractivity contribution in [2.45, 2.75) is 38.4 Å². The lowest BCUT2D eigenvalue weighted by Gasteiger charge is -2.23. The molecule has 1 atom stereocenters. The zero-order valence-corrected chi connectivity index (χ0v) is 21.8. The van der Waals surface area contributed by atoms with Crippen LogP contribution in [0.15, 0.2) is 48.9 Å². The molecule has 0 spiro atoms. The van der Waals surface area contributed by atoms with E-state index in [2.05, 4.69) is 25.7 Å². The van der Waals surface area contributed by atoms with Crippen LogP contribution < -0.4 is 15.4 Å². The number of amides is 1. The number of anilines is 1. The van der Waals surface area contributed by atoms with Gasteiger partial charge in [-0.1, -0.05) is 17.7 Å². The number of carbonyl (C=O) groups excluding carboxylic acids is 1. The van der Waals surface area contributed by atoms with Gasteiger partial charge in [-0.25, -0.2) is 14.4 Å². The first-order chi connectivity index (χ1) is 18.4. The Bertz CT molecular complexity index is 1460. The van der Waals surface area contributed by atoms with E-state index >= 15 is 4.39 Å². The fourth-order valence-corrected chi connectivity index (χ4v) is 4.72. The minimum absolute atomic E-state index is 0.137. The third-order valence-corrected chi connectivity index (χ3v) is 6.86. The number of hydrogen-bond donors (Lipinski definition) is 2. The van der Waals surface area contributed by atoms with Crippen LogP contribution in [0.2, 0.25) is 5.02 Å². The SMILES string of the molecule is CCn1cc([C@@H](NC(=O)c2cc(F)c3cnc(NC4CCOCC4)nc3c2)c2ccc(OC)c(Cl)c2)cn1. The van der Waals surface area contributed by atoms with Gasteiger partial charge in [-0.3, -0.25) is 9.48 Å². The number of fused-ring (bicyclic) bond motifs is 1. The summed E-state index contributed by atoms with van der Waals surface area (Å²) >= 11 is 6.38. The molecule has 1 amide bonds. The third kappa shape index (κ3) is 5.56. The van der Waals surface area contributed by atoms with Gasteiger partial charge in [0.15, 0.2) is 0 Å². The highest BCUT2D eigenvalue weighted by Crippen LogP contribution is 2.31. The van der Waals surface area contributed by atoms with Gasteiger partial charge in [-0.05, 0) is 49.6 Å². The molecule has 0 aliphatic carbocycles. The molecule has 2 aromatic heterocycles. The molecule has 198 valence electrons. The first-order valence-corrected chi connectivity index (χ1v) is 12.8. The highest BCUT2D eigenvalue weighted by molar-refractivity contribution is 6.32. The second kappa shape index (κ2) is 11.3. The van der Waals surface area contributed by atoms with Gasteiger partial charge in [-0.15, -0.1) is 0 Å². The fourth-order valence-electron chi connectivity index (χ4n) is 4.45. The molecule has 38 heavy (non-hydrogen) atoms. The Morgan fingerprint density at radius 2 is 2.05 bits per heavy atom. The lowest BCUT2D eigenvalue weighted by molar-refractivity contribution is 0.0903. The molecule has 0 radical (unpaired) electrons. The van der Waals surface area contributed by atoms with Crippen molar-refractivity contribution < 1.29 is 18.7 Å². The summed E-state index contributed by atoms with van der Waals surface area (Å²) in [4.78, 5) is 22.2. The molecule has 2 N–H and O–H groups in total. The number of carbonyl (C=O) groups is 1. The van der Waals surface area contributed by atoms with E-state index in [-0.39, 0.29) is 17.0 Å². The van der Waals surface area contributed by atoms with Crippen LogP contribution in [0.5, 0.6) is 5.75 Å². The Morgan fingerprint density at radius 1 is 1.24 bits per heavy atom. The van der Waals surface area contributed by atoms with Gasteiger partial charge < -0.3 is 20.1 Å². The van der Waals surface area contributed by atoms with Crippen LogP contribution in [0.3, 0.4) is 0 Å². The van der Waals surface area contributed by atoms with Crippen molar-refractivity contribution in [3.05, 3.63) is 76.5 Å². The predicted molar refractivity (Wildman–Crippen MR) is 142 cm³/mol. The molecule has 1 aliphatic rings. The maximum Gasteiger partial charge on any atom is 0.252 e. The molecule has 2 aromatic carbocycles. The van der Waals surface area contributed by atoms with Crippen molar-refractivity contribution in [1.29, 1.82) is 0 Å². The number of benzene rings is 2. The van der Waals surface area contributed by atoms with Crippen molar-refractivity contribution >= 4 is 34.4 Å². The van der Waals surface area contributed by atoms with E-state index in [4.69, 9.17) is 21.1 Å². The number of nitrogens with one attached hydrogen (secondary N) is 2. The summed E-state index contributed by atoms with van der Waals surface area (Å²) in [5.41, 5.74) is 1.96. The molecule has 0 bridgehead atoms. The minimum atomic E-state index is -0.582. The molecule has 0 saturated carbocycles. The standard InChI is InChI=1S/C27H28ClFN6O3/c1-3-35-15-18(13-31-35)25(16-4-5-24(37-2)21(28)10-16)34-26(36)17-11-22(29)20-14-30-27(33-23(20)12-17)32-19-6-8-38-9-7-19/h4-5,10-15,19,25H,3,6-9H2,1-2H3,(H,34,36)(H,30,32,33)/t25-/m0/s1. The molecular weight excluding hydrogens is 511 g/mol. The number of halogens is 2. The summed E-state index contributed by atoms with van der Waals surface area (Å²) < 4.78 is 27.4. The van der Waals surface area contributed by atoms with Gasteiger partial charge in [0.1, 0.15) is 11.6 Å². The van der Waals surface area contributed by atoms with Crippen molar-refractivity contribution in [2.24, 2.45) is 0 Å². The number of hydrogen-bond acceptors (Lipinski definition) is 7. The maximum atomic E-state index is 15.0. The van der Waals surface area contributed by atoms with Crippen LogP contribution in [0.1, 0.15) is 47.3 Å². The Morgan fingerprint density at radius 3 is 2.76 bits per heavy atom. The molecule has 11 heteroatoms. The maximum absolute atomic E-state index is 15.0. The zero-order chi connectivity index (χ0) is 26.6. The fraction of sp³-hybridized carbons (Fsp3) is 0.333. The topological polar surface area (TPSA) is 103 Å². The number of aromatic nitrogens is 4. The zero-order valence-electron chi connectivity index (χ0n) is 21.1. The normalized spacial score (nSPS) is 14.8. The lowest BCUT2D eigenvalue weighted by atomic mass is 10.0. The summed E-state index contributed by atoms with van der Waals surface area (Å²) in [7, 11) is 1.54. The van der Waals surface area contributed by atoms with Crippen LogP contribution >= 0.6 is 11.6 Å². The van der Waals surface area contributed by atoms with Gasteiger partial charge in [0.25, 0.3) is 5.91 Å². The Labute approximate surface area is 224 Å². The Balaban J connectivity index is 1.45. The highest BCUT2D eigenvalue weighted by atomic mass is 35.5. The Kier molecular flexibility index (Phi) is 7.71. The minimum Gasteiger partial charge on any atom is -0.495 e. The number of ether oxygens (including phenoxy) is 2. The van der Waals surface area contributed by atoms with Crippen LogP contribution in [0.25, 0.3) is 10.9 Å². The number of rotatable bonds is 8. The first kappa shape index (κ1) is 25.9. The summed E-state index contributed by atoms with van der Waals surface area (Å²) in [5.74, 6) is -0.136. The van der Waals surface area contributed by atoms with Crippen LogP contribution in [-0.4, -0.2) is 52.0 Å². The lowest BCUT2D eigenvalue weighted by Crippen LogP contribution is -2.29. The van der Waals surface area contributed by atoms with E-state index in [0.29, 0.717) is 42.0 Å². The van der Waals surface area contributed by atoms with Crippen molar-refractivity contribution in [3.63, 3.8) is 0 Å². The van der Waals surface area contributed by atoms with Gasteiger partial charge >= 0.3 is 0 Å². The summed E-state index contributed by atoms with van der Waals surface area (Å²) in [6.07, 6.45) is 6.65. The van der Waals surface area contributed by atoms with E-state index in [1.165, 1.54) is 19.4 Å². The second-order valence-electron chi connectivity index (χ2n) is 9.05. The van der Waals surface area contributed by atoms with E-state index in [1.54, 1.807) is 29.1 Å². The van der Waals surface area contributed by atoms with Gasteiger partial charge in [0.05, 0.1) is 35.3 Å². The molecular formula is C27H28ClFN6O3. The first-order valence-electron chi connectivity index (χ1n) is 12.4. The highest BCUT2D eigenvalue weighted by Gasteiger charge is 2.22. The molecule has 1 aliphatic heterocycles. The van der Waals surface area contributed by atoms with Crippen LogP contribution in [-0.2, 0) is 11.3 Å². The number of aryl methyl sites for hydroxylation is 1. The number of methoxy groups -OCH3 is 1. The average molecular weight is 539 g/mol. The average Bonchev–Trinajstić information content (AvgIpc) is 3.41. The summed E-state index contributed by atoms with van der Waals surface area (Å²) in [6, 6.07) is 7.65. The van der Waals surface area contributed by atoms with Crippen molar-refractivity contribution in [3.8, 4) is 5.75 Å². The van der Waals surface area contributed by atoms with Gasteiger partial charge in [-0.2, -0.15) is 5.10 Å². The molecule has 1 saturated heterocycles. The van der Waals surface area contributed by atoms with Crippen LogP contribution in [0, 0.1) is 5.82 Å². The van der Waals surface area contributed by atoms with E-state index in [9.17, 15) is 4.79 Å². The summed E-state index contributed by atoms with van der Waals surface area (Å²) in [6.45, 7) is 3.98.